The molecular weight excluding hydrogens is 258 g/mol. The van der Waals surface area contributed by atoms with Crippen LogP contribution >= 0.6 is 0 Å². The molecule has 0 aliphatic carbocycles. The highest BCUT2D eigenvalue weighted by Gasteiger charge is 2.19. The number of carbonyl (C=O) groups is 1. The molecule has 0 spiro atoms. The molecule has 0 saturated carbocycles. The Morgan fingerprint density at radius 2 is 1.85 bits per heavy atom. The van der Waals surface area contributed by atoms with Gasteiger partial charge in [0.05, 0.1) is 11.6 Å². The van der Waals surface area contributed by atoms with Crippen molar-refractivity contribution < 1.29 is 14.3 Å². The molecule has 1 N–H and O–H groups in total. The number of nitrogens with zero attached hydrogens (tertiary/aromatic N) is 1. The van der Waals surface area contributed by atoms with Gasteiger partial charge in [0.25, 0.3) is 5.91 Å². The smallest absolute Gasteiger partial charge is 0.335 e. The maximum atomic E-state index is 12.3. The molecule has 1 aromatic carbocycles. The van der Waals surface area contributed by atoms with Crippen molar-refractivity contribution in [2.75, 3.05) is 7.05 Å². The van der Waals surface area contributed by atoms with Crippen LogP contribution in [0.3, 0.4) is 0 Å². The minimum absolute atomic E-state index is 0.171. The number of phenolic OH excluding ortho intramolecular Hbond substituents is 1. The molecule has 20 heavy (non-hydrogen) atoms. The normalized spacial score (nSPS) is 11.9. The second-order valence-corrected chi connectivity index (χ2v) is 4.53. The van der Waals surface area contributed by atoms with Gasteiger partial charge in [-0.15, -0.1) is 0 Å². The Balaban J connectivity index is 2.19. The Bertz CT molecular complexity index is 640. The van der Waals surface area contributed by atoms with E-state index in [0.29, 0.717) is 5.56 Å². The Hall–Kier alpha value is -2.56. The summed E-state index contributed by atoms with van der Waals surface area (Å²) in [6.45, 7) is 1.88. The number of rotatable bonds is 3. The molecule has 0 saturated heterocycles. The summed E-state index contributed by atoms with van der Waals surface area (Å²) in [7, 11) is 1.67. The van der Waals surface area contributed by atoms with Crippen LogP contribution in [-0.4, -0.2) is 23.0 Å². The zero-order chi connectivity index (χ0) is 14.7. The van der Waals surface area contributed by atoms with Gasteiger partial charge in [-0.25, -0.2) is 4.79 Å². The van der Waals surface area contributed by atoms with Gasteiger partial charge in [-0.2, -0.15) is 0 Å². The second kappa shape index (κ2) is 5.61. The maximum Gasteiger partial charge on any atom is 0.335 e. The molecular formula is C15H15NO4. The van der Waals surface area contributed by atoms with Gasteiger partial charge in [-0.3, -0.25) is 4.79 Å². The van der Waals surface area contributed by atoms with Gasteiger partial charge in [0.2, 0.25) is 0 Å². The number of hydrogen-bond acceptors (Lipinski definition) is 4. The van der Waals surface area contributed by atoms with Crippen molar-refractivity contribution in [2.24, 2.45) is 0 Å². The van der Waals surface area contributed by atoms with Crippen LogP contribution in [0.2, 0.25) is 0 Å². The topological polar surface area (TPSA) is 70.8 Å². The monoisotopic (exact) mass is 273 g/mol. The molecule has 1 amide bonds. The fourth-order valence-corrected chi connectivity index (χ4v) is 1.84. The lowest BCUT2D eigenvalue weighted by Crippen LogP contribution is -2.29. The van der Waals surface area contributed by atoms with Crippen LogP contribution in [0.5, 0.6) is 5.75 Å². The first-order valence-corrected chi connectivity index (χ1v) is 6.14. The number of hydrogen-bond donors (Lipinski definition) is 1. The highest BCUT2D eigenvalue weighted by atomic mass is 16.4. The number of aromatic hydroxyl groups is 1. The largest absolute Gasteiger partial charge is 0.508 e. The van der Waals surface area contributed by atoms with Crippen molar-refractivity contribution in [1.29, 1.82) is 0 Å². The van der Waals surface area contributed by atoms with E-state index < -0.39 is 5.63 Å². The number of benzene rings is 1. The van der Waals surface area contributed by atoms with Gasteiger partial charge in [-0.1, -0.05) is 12.1 Å². The lowest BCUT2D eigenvalue weighted by Gasteiger charge is -2.25. The Morgan fingerprint density at radius 1 is 1.20 bits per heavy atom. The predicted molar refractivity (Wildman–Crippen MR) is 73.6 cm³/mol. The second-order valence-electron chi connectivity index (χ2n) is 4.53. The molecule has 0 bridgehead atoms. The lowest BCUT2D eigenvalue weighted by molar-refractivity contribution is 0.0740. The van der Waals surface area contributed by atoms with Crippen LogP contribution in [0.1, 0.15) is 28.9 Å². The fourth-order valence-electron chi connectivity index (χ4n) is 1.84. The number of phenols is 1. The van der Waals surface area contributed by atoms with Crippen LogP contribution < -0.4 is 5.63 Å². The zero-order valence-corrected chi connectivity index (χ0v) is 11.2. The van der Waals surface area contributed by atoms with Gasteiger partial charge < -0.3 is 14.4 Å². The average Bonchev–Trinajstić information content (AvgIpc) is 2.46. The fraction of sp³-hybridized carbons (Fsp3) is 0.200. The summed E-state index contributed by atoms with van der Waals surface area (Å²) in [6, 6.07) is 9.15. The number of amides is 1. The van der Waals surface area contributed by atoms with Gasteiger partial charge in [0.1, 0.15) is 12.0 Å². The van der Waals surface area contributed by atoms with E-state index in [1.165, 1.54) is 12.1 Å². The molecule has 5 nitrogen and oxygen atoms in total. The van der Waals surface area contributed by atoms with Crippen LogP contribution in [0, 0.1) is 0 Å². The molecule has 5 heteroatoms. The lowest BCUT2D eigenvalue weighted by atomic mass is 10.1. The molecule has 1 unspecified atom stereocenters. The summed E-state index contributed by atoms with van der Waals surface area (Å²) in [5.74, 6) is -0.0610. The van der Waals surface area contributed by atoms with Crippen molar-refractivity contribution >= 4 is 5.91 Å². The van der Waals surface area contributed by atoms with Crippen molar-refractivity contribution in [3.05, 3.63) is 64.2 Å². The van der Waals surface area contributed by atoms with E-state index >= 15 is 0 Å². The van der Waals surface area contributed by atoms with E-state index in [4.69, 9.17) is 4.42 Å². The van der Waals surface area contributed by atoms with Crippen LogP contribution in [0.4, 0.5) is 0 Å². The summed E-state index contributed by atoms with van der Waals surface area (Å²) < 4.78 is 4.69. The zero-order valence-electron chi connectivity index (χ0n) is 11.2. The molecule has 0 aliphatic heterocycles. The molecule has 1 heterocycles. The van der Waals surface area contributed by atoms with Crippen molar-refractivity contribution in [2.45, 2.75) is 13.0 Å². The molecule has 104 valence electrons. The predicted octanol–water partition coefficient (Wildman–Crippen LogP) is 2.18. The minimum atomic E-state index is -0.490. The SMILES string of the molecule is CC(c1ccc(O)cc1)N(C)C(=O)c1ccc(=O)oc1. The van der Waals surface area contributed by atoms with E-state index in [-0.39, 0.29) is 17.7 Å². The Kier molecular flexibility index (Phi) is 3.89. The molecule has 0 aliphatic rings. The molecule has 0 fully saturated rings. The van der Waals surface area contributed by atoms with Crippen molar-refractivity contribution in [3.63, 3.8) is 0 Å². The summed E-state index contributed by atoms with van der Waals surface area (Å²) in [4.78, 5) is 24.7. The summed E-state index contributed by atoms with van der Waals surface area (Å²) in [5, 5.41) is 9.27. The minimum Gasteiger partial charge on any atom is -0.508 e. The van der Waals surface area contributed by atoms with E-state index in [9.17, 15) is 14.7 Å². The highest BCUT2D eigenvalue weighted by molar-refractivity contribution is 5.93. The molecule has 1 aromatic heterocycles. The highest BCUT2D eigenvalue weighted by Crippen LogP contribution is 2.22. The van der Waals surface area contributed by atoms with E-state index in [1.807, 2.05) is 6.92 Å². The first kappa shape index (κ1) is 13.9. The van der Waals surface area contributed by atoms with E-state index in [0.717, 1.165) is 11.8 Å². The third-order valence-electron chi connectivity index (χ3n) is 3.22. The van der Waals surface area contributed by atoms with E-state index in [2.05, 4.69) is 0 Å². The standard InChI is InChI=1S/C15H15NO4/c1-10(11-3-6-13(17)7-4-11)16(2)15(19)12-5-8-14(18)20-9-12/h3-10,17H,1-2H3. The molecule has 2 aromatic rings. The van der Waals surface area contributed by atoms with Crippen LogP contribution in [-0.2, 0) is 0 Å². The maximum absolute atomic E-state index is 12.3. The third kappa shape index (κ3) is 2.88. The summed E-state index contributed by atoms with van der Waals surface area (Å²) in [5.41, 5.74) is 0.726. The number of carbonyl (C=O) groups excluding carboxylic acids is 1. The molecule has 1 atom stereocenters. The summed E-state index contributed by atoms with van der Waals surface area (Å²) in [6.07, 6.45) is 1.16. The first-order chi connectivity index (χ1) is 9.49. The van der Waals surface area contributed by atoms with Gasteiger partial charge in [-0.05, 0) is 30.7 Å². The van der Waals surface area contributed by atoms with Gasteiger partial charge in [0.15, 0.2) is 0 Å². The average molecular weight is 273 g/mol. The van der Waals surface area contributed by atoms with Crippen molar-refractivity contribution in [1.82, 2.24) is 4.90 Å². The quantitative estimate of drug-likeness (QED) is 0.930. The molecule has 0 radical (unpaired) electrons. The van der Waals surface area contributed by atoms with E-state index in [1.54, 1.807) is 36.2 Å². The van der Waals surface area contributed by atoms with Gasteiger partial charge >= 0.3 is 5.63 Å². The van der Waals surface area contributed by atoms with Crippen molar-refractivity contribution in [3.8, 4) is 5.75 Å². The Morgan fingerprint density at radius 3 is 2.40 bits per heavy atom. The summed E-state index contributed by atoms with van der Waals surface area (Å²) >= 11 is 0. The van der Waals surface area contributed by atoms with Crippen LogP contribution in [0.15, 0.2) is 51.9 Å². The third-order valence-corrected chi connectivity index (χ3v) is 3.22. The van der Waals surface area contributed by atoms with Gasteiger partial charge in [0, 0.05) is 13.1 Å². The first-order valence-electron chi connectivity index (χ1n) is 6.14. The van der Waals surface area contributed by atoms with Crippen LogP contribution in [0.25, 0.3) is 0 Å². The molecule has 2 rings (SSSR count). The Labute approximate surface area is 116 Å².